The van der Waals surface area contributed by atoms with Crippen LogP contribution < -0.4 is 64.6 Å². The first-order valence-corrected chi connectivity index (χ1v) is 25.0. The number of rotatable bonds is 32. The van der Waals surface area contributed by atoms with Crippen molar-refractivity contribution in [1.82, 2.24) is 53.2 Å². The molecule has 2 aliphatic heterocycles. The third kappa shape index (κ3) is 22.9. The zero-order valence-electron chi connectivity index (χ0n) is 44.4. The molecule has 20 N–H and O–H groups in total. The van der Waals surface area contributed by atoms with Gasteiger partial charge in [0.25, 0.3) is 0 Å². The van der Waals surface area contributed by atoms with Crippen LogP contribution in [0.2, 0.25) is 0 Å². The van der Waals surface area contributed by atoms with Crippen molar-refractivity contribution in [2.24, 2.45) is 11.5 Å². The number of unbranched alkanes of at least 4 members (excludes halogenated alkanes) is 1. The van der Waals surface area contributed by atoms with Gasteiger partial charge in [-0.15, -0.1) is 0 Å². The highest BCUT2D eigenvalue weighted by atomic mass is 16.7. The molecule has 0 bridgehead atoms. The Morgan fingerprint density at radius 3 is 1.68 bits per heavy atom. The second kappa shape index (κ2) is 33.6. The monoisotopic (exact) mass is 1140 g/mol. The zero-order chi connectivity index (χ0) is 59.8. The average Bonchev–Trinajstić information content (AvgIpc) is 3.38. The van der Waals surface area contributed by atoms with Crippen LogP contribution in [0.15, 0.2) is 0 Å². The van der Waals surface area contributed by atoms with E-state index < -0.39 is 208 Å². The number of aliphatic carboxylic acids is 1. The summed E-state index contributed by atoms with van der Waals surface area (Å²) in [6.07, 6.45) is -15.8. The lowest BCUT2D eigenvalue weighted by Crippen LogP contribution is -2.70. The SMILES string of the molecule is CC(=O)NC1C(OC2C(CO)OC(O)C(NC(C)=O)C2OC(C)C(=O)NC(C)C(=O)NC(CCC(=O)NC(CCCCNC(=O)CNC(=O)CNC(=O)CN)C(=O)NC(C)C(=O)NC(C)C(=O)O)C(N)=O)OC(CO)C(O)C1O. The third-order valence-electron chi connectivity index (χ3n) is 12.0. The predicted octanol–water partition coefficient (Wildman–Crippen LogP) is -10.4. The number of carboxylic acids is 1. The predicted molar refractivity (Wildman–Crippen MR) is 265 cm³/mol. The van der Waals surface area contributed by atoms with Crippen molar-refractivity contribution in [2.75, 3.05) is 39.4 Å². The van der Waals surface area contributed by atoms with Crippen LogP contribution in [0, 0.1) is 0 Å². The molecule has 0 spiro atoms. The Balaban J connectivity index is 2.17. The maximum atomic E-state index is 13.6. The quantitative estimate of drug-likeness (QED) is 0.0278. The van der Waals surface area contributed by atoms with Gasteiger partial charge in [0, 0.05) is 26.8 Å². The Morgan fingerprint density at radius 1 is 0.582 bits per heavy atom. The number of carboxylic acid groups (broad SMARTS) is 1. The van der Waals surface area contributed by atoms with Crippen molar-refractivity contribution < 1.29 is 107 Å². The Bertz CT molecular complexity index is 2140. The molecule has 0 aromatic rings. The highest BCUT2D eigenvalue weighted by molar-refractivity contribution is 5.94. The van der Waals surface area contributed by atoms with Crippen molar-refractivity contribution in [2.45, 2.75) is 171 Å². The minimum Gasteiger partial charge on any atom is -0.480 e. The fourth-order valence-corrected chi connectivity index (χ4v) is 7.65. The van der Waals surface area contributed by atoms with Crippen molar-refractivity contribution >= 4 is 70.9 Å². The second-order valence-electron chi connectivity index (χ2n) is 18.5. The molecule has 0 radical (unpaired) electrons. The molecule has 11 amide bonds. The Kier molecular flexibility index (Phi) is 29.1. The zero-order valence-corrected chi connectivity index (χ0v) is 44.4. The first kappa shape index (κ1) is 68.3. The molecule has 2 fully saturated rings. The van der Waals surface area contributed by atoms with Crippen molar-refractivity contribution in [3.63, 3.8) is 0 Å². The van der Waals surface area contributed by atoms with Gasteiger partial charge in [0.15, 0.2) is 12.6 Å². The molecule has 16 unspecified atom stereocenters. The Labute approximate surface area is 452 Å². The number of carbonyl (C=O) groups is 12. The summed E-state index contributed by atoms with van der Waals surface area (Å²) in [7, 11) is 0. The molecule has 34 nitrogen and oxygen atoms in total. The lowest BCUT2D eigenvalue weighted by molar-refractivity contribution is -0.333. The third-order valence-corrected chi connectivity index (χ3v) is 12.0. The topological polar surface area (TPSA) is 535 Å². The molecule has 34 heteroatoms. The van der Waals surface area contributed by atoms with E-state index in [1.54, 1.807) is 0 Å². The summed E-state index contributed by atoms with van der Waals surface area (Å²) in [6, 6.07) is -10.1. The average molecular weight is 1140 g/mol. The maximum absolute atomic E-state index is 13.6. The summed E-state index contributed by atoms with van der Waals surface area (Å²) in [5, 5.41) is 85.1. The van der Waals surface area contributed by atoms with E-state index in [1.165, 1.54) is 27.7 Å². The molecule has 2 heterocycles. The van der Waals surface area contributed by atoms with Gasteiger partial charge in [-0.2, -0.15) is 0 Å². The van der Waals surface area contributed by atoms with E-state index in [0.29, 0.717) is 0 Å². The van der Waals surface area contributed by atoms with Crippen LogP contribution in [0.5, 0.6) is 0 Å². The fourth-order valence-electron chi connectivity index (χ4n) is 7.65. The van der Waals surface area contributed by atoms with Gasteiger partial charge < -0.3 is 114 Å². The summed E-state index contributed by atoms with van der Waals surface area (Å²) in [5.74, 6) is -10.4. The molecular weight excluding hydrogens is 1060 g/mol. The van der Waals surface area contributed by atoms with Gasteiger partial charge in [-0.05, 0) is 53.4 Å². The number of aliphatic hydroxyl groups is 5. The van der Waals surface area contributed by atoms with E-state index in [1.807, 2.05) is 0 Å². The molecule has 16 atom stereocenters. The van der Waals surface area contributed by atoms with Crippen LogP contribution in [0.25, 0.3) is 0 Å². The number of primary amides is 1. The highest BCUT2D eigenvalue weighted by Crippen LogP contribution is 2.31. The molecule has 2 aliphatic rings. The number of amides is 11. The number of carbonyl (C=O) groups excluding carboxylic acids is 11. The molecule has 2 saturated heterocycles. The van der Waals surface area contributed by atoms with Crippen molar-refractivity contribution in [1.29, 1.82) is 0 Å². The molecule has 79 heavy (non-hydrogen) atoms. The van der Waals surface area contributed by atoms with Gasteiger partial charge in [-0.25, -0.2) is 0 Å². The molecule has 0 aliphatic carbocycles. The van der Waals surface area contributed by atoms with Crippen molar-refractivity contribution in [3.8, 4) is 0 Å². The smallest absolute Gasteiger partial charge is 0.325 e. The number of hydrogen-bond donors (Lipinski definition) is 18. The number of nitrogens with two attached hydrogens (primary N) is 2. The summed E-state index contributed by atoms with van der Waals surface area (Å²) in [5.41, 5.74) is 10.7. The summed E-state index contributed by atoms with van der Waals surface area (Å²) < 4.78 is 23.2. The van der Waals surface area contributed by atoms with Gasteiger partial charge in [0.05, 0.1) is 32.8 Å². The van der Waals surface area contributed by atoms with Crippen LogP contribution in [-0.4, -0.2) is 239 Å². The van der Waals surface area contributed by atoms with Crippen LogP contribution in [0.1, 0.15) is 73.6 Å². The lowest BCUT2D eigenvalue weighted by Gasteiger charge is -2.48. The first-order valence-electron chi connectivity index (χ1n) is 25.0. The minimum atomic E-state index is -1.91. The molecule has 0 saturated carbocycles. The molecule has 0 aromatic heterocycles. The Hall–Kier alpha value is -6.76. The van der Waals surface area contributed by atoms with Crippen molar-refractivity contribution in [3.05, 3.63) is 0 Å². The van der Waals surface area contributed by atoms with Gasteiger partial charge in [0.2, 0.25) is 65.0 Å². The Morgan fingerprint density at radius 2 is 1.13 bits per heavy atom. The standard InChI is InChI=1S/C45H76N12O22/c1-18(39(69)53-20(3)43(73)74)52-42(72)25(9-7-8-12-48-30(64)14-50-31(65)15-49-29(63)13-46)56-28(62)11-10-24(38(47)68)57-40(70)19(2)51-41(71)21(4)76-37-33(55-23(6)61)44(75)77-27(17-59)36(37)79-45-32(54-22(5)60)35(67)34(66)26(16-58)78-45/h18-21,24-27,32-37,44-45,58-59,66-67,75H,7-17,46H2,1-6H3,(H2,47,68)(H,48,64)(H,49,63)(H,50,65)(H,51,71)(H,52,72)(H,53,69)(H,54,60)(H,55,61)(H,56,62)(H,57,70)(H,73,74). The molecule has 0 aromatic carbocycles. The van der Waals surface area contributed by atoms with Gasteiger partial charge >= 0.3 is 5.97 Å². The number of hydrogen-bond acceptors (Lipinski definition) is 22. The van der Waals surface area contributed by atoms with E-state index >= 15 is 0 Å². The highest BCUT2D eigenvalue weighted by Gasteiger charge is 2.53. The van der Waals surface area contributed by atoms with Gasteiger partial charge in [-0.1, -0.05) is 0 Å². The second-order valence-corrected chi connectivity index (χ2v) is 18.5. The largest absolute Gasteiger partial charge is 0.480 e. The molecule has 2 rings (SSSR count). The van der Waals surface area contributed by atoms with E-state index in [4.69, 9.17) is 35.5 Å². The van der Waals surface area contributed by atoms with E-state index in [-0.39, 0.29) is 32.4 Å². The summed E-state index contributed by atoms with van der Waals surface area (Å²) >= 11 is 0. The van der Waals surface area contributed by atoms with E-state index in [0.717, 1.165) is 13.8 Å². The maximum Gasteiger partial charge on any atom is 0.325 e. The summed E-state index contributed by atoms with van der Waals surface area (Å²) in [4.78, 5) is 150. The first-order chi connectivity index (χ1) is 37.0. The number of ether oxygens (including phenoxy) is 4. The summed E-state index contributed by atoms with van der Waals surface area (Å²) in [6.45, 7) is 4.11. The number of nitrogens with one attached hydrogen (secondary N) is 10. The minimum absolute atomic E-state index is 0.0441. The van der Waals surface area contributed by atoms with Crippen LogP contribution in [0.3, 0.4) is 0 Å². The molecule has 448 valence electrons. The number of aliphatic hydroxyl groups excluding tert-OH is 5. The van der Waals surface area contributed by atoms with Crippen LogP contribution >= 0.6 is 0 Å². The van der Waals surface area contributed by atoms with E-state index in [9.17, 15) is 83.1 Å². The lowest BCUT2D eigenvalue weighted by atomic mass is 9.94. The van der Waals surface area contributed by atoms with Crippen LogP contribution in [0.4, 0.5) is 0 Å². The normalized spacial score (nSPS) is 24.9. The van der Waals surface area contributed by atoms with Gasteiger partial charge in [-0.3, -0.25) is 57.5 Å². The fraction of sp³-hybridized carbons (Fsp3) is 0.733. The van der Waals surface area contributed by atoms with Gasteiger partial charge in [0.1, 0.15) is 85.0 Å². The molecular formula is C45H76N12O22. The van der Waals surface area contributed by atoms with E-state index in [2.05, 4.69) is 53.2 Å². The van der Waals surface area contributed by atoms with Crippen LogP contribution in [-0.2, 0) is 76.5 Å².